The van der Waals surface area contributed by atoms with Crippen molar-refractivity contribution in [2.45, 2.75) is 0 Å². The zero-order valence-corrected chi connectivity index (χ0v) is 10.3. The minimum atomic E-state index is -1.15. The number of carbonyl (C=O) groups is 1. The van der Waals surface area contributed by atoms with Gasteiger partial charge in [-0.05, 0) is 10.8 Å². The Bertz CT molecular complexity index is 221. The second-order valence-electron chi connectivity index (χ2n) is 1.82. The Balaban J connectivity index is 0.000001000. The van der Waals surface area contributed by atoms with Gasteiger partial charge in [-0.2, -0.15) is 10.9 Å². The fourth-order valence-corrected chi connectivity index (χ4v) is 1.86. The Labute approximate surface area is 111 Å². The van der Waals surface area contributed by atoms with E-state index in [2.05, 4.69) is 6.58 Å². The molecule has 0 bridgehead atoms. The monoisotopic (exact) mass is 194 g/mol. The molecule has 11 heavy (non-hydrogen) atoms. The van der Waals surface area contributed by atoms with Crippen LogP contribution >= 0.6 is 10.9 Å². The van der Waals surface area contributed by atoms with Gasteiger partial charge >= 0.3 is 51.4 Å². The SMILES string of the molecule is C=C(C(=O)[O-])[SH]1C=CC=C1.[K+]. The van der Waals surface area contributed by atoms with Gasteiger partial charge in [0.25, 0.3) is 0 Å². The summed E-state index contributed by atoms with van der Waals surface area (Å²) >= 11 is 0. The van der Waals surface area contributed by atoms with Crippen LogP contribution in [0.15, 0.2) is 34.5 Å². The van der Waals surface area contributed by atoms with Crippen LogP contribution in [-0.2, 0) is 4.79 Å². The molecule has 1 rings (SSSR count). The summed E-state index contributed by atoms with van der Waals surface area (Å²) in [5, 5.41) is 13.9. The van der Waals surface area contributed by atoms with E-state index in [0.29, 0.717) is 0 Å². The standard InChI is InChI=1S/C7H8O2S.K/c1-6(7(8)9)10-4-2-3-5-10;/h2-5,10H,1H2,(H,8,9);/q;+1/p-1. The van der Waals surface area contributed by atoms with Crippen molar-refractivity contribution < 1.29 is 61.3 Å². The van der Waals surface area contributed by atoms with Gasteiger partial charge in [0.05, 0.1) is 5.97 Å². The average molecular weight is 194 g/mol. The minimum absolute atomic E-state index is 0. The van der Waals surface area contributed by atoms with Crippen LogP contribution in [0.2, 0.25) is 0 Å². The fourth-order valence-electron chi connectivity index (χ4n) is 0.620. The zero-order valence-electron chi connectivity index (χ0n) is 6.28. The first-order valence-electron chi connectivity index (χ1n) is 2.75. The largest absolute Gasteiger partial charge is 1.00 e. The molecule has 0 saturated carbocycles. The van der Waals surface area contributed by atoms with Crippen LogP contribution in [0.4, 0.5) is 0 Å². The number of rotatable bonds is 2. The molecule has 54 valence electrons. The molecule has 0 aromatic heterocycles. The number of carboxylic acid groups (broad SMARTS) is 1. The number of carboxylic acids is 1. The topological polar surface area (TPSA) is 40.1 Å². The summed E-state index contributed by atoms with van der Waals surface area (Å²) in [6.45, 7) is 3.40. The molecule has 0 aliphatic carbocycles. The first-order valence-corrected chi connectivity index (χ1v) is 4.23. The van der Waals surface area contributed by atoms with E-state index in [1.165, 1.54) is 0 Å². The molecule has 0 radical (unpaired) electrons. The number of hydrogen-bond acceptors (Lipinski definition) is 2. The molecule has 0 atom stereocenters. The maximum atomic E-state index is 10.2. The Kier molecular flexibility index (Phi) is 5.67. The molecule has 1 aliphatic rings. The molecular weight excluding hydrogens is 187 g/mol. The summed E-state index contributed by atoms with van der Waals surface area (Å²) in [6, 6.07) is 0. The van der Waals surface area contributed by atoms with Gasteiger partial charge in [0, 0.05) is 4.91 Å². The van der Waals surface area contributed by atoms with Crippen LogP contribution in [-0.4, -0.2) is 5.97 Å². The van der Waals surface area contributed by atoms with Gasteiger partial charge in [-0.25, -0.2) is 0 Å². The van der Waals surface area contributed by atoms with E-state index in [1.54, 1.807) is 0 Å². The van der Waals surface area contributed by atoms with Gasteiger partial charge in [0.1, 0.15) is 0 Å². The quantitative estimate of drug-likeness (QED) is 0.295. The number of aliphatic carboxylic acids is 1. The van der Waals surface area contributed by atoms with Gasteiger partial charge in [-0.15, -0.1) is 0 Å². The second-order valence-corrected chi connectivity index (χ2v) is 3.78. The summed E-state index contributed by atoms with van der Waals surface area (Å²) in [5.74, 6) is -1.15. The summed E-state index contributed by atoms with van der Waals surface area (Å²) in [7, 11) is -0.763. The van der Waals surface area contributed by atoms with E-state index in [4.69, 9.17) is 0 Å². The number of thiol groups is 1. The number of hydrogen-bond donors (Lipinski definition) is 1. The van der Waals surface area contributed by atoms with Crippen molar-refractivity contribution in [1.29, 1.82) is 0 Å². The van der Waals surface area contributed by atoms with Crippen LogP contribution in [0.1, 0.15) is 0 Å². The molecule has 0 fully saturated rings. The number of allylic oxidation sites excluding steroid dienone is 2. The van der Waals surface area contributed by atoms with Crippen molar-refractivity contribution in [2.24, 2.45) is 0 Å². The third kappa shape index (κ3) is 3.27. The van der Waals surface area contributed by atoms with Crippen molar-refractivity contribution in [3.63, 3.8) is 0 Å². The first kappa shape index (κ1) is 11.7. The van der Waals surface area contributed by atoms with Gasteiger partial charge in [0.2, 0.25) is 0 Å². The second kappa shape index (κ2) is 5.34. The average Bonchev–Trinajstić information content (AvgIpc) is 2.36. The molecule has 0 amide bonds. The smallest absolute Gasteiger partial charge is 0.544 e. The molecule has 0 spiro atoms. The molecule has 0 aromatic rings. The normalized spacial score (nSPS) is 16.2. The van der Waals surface area contributed by atoms with Crippen LogP contribution in [0.25, 0.3) is 0 Å². The summed E-state index contributed by atoms with van der Waals surface area (Å²) in [5.41, 5.74) is 0. The third-order valence-corrected chi connectivity index (χ3v) is 2.94. The van der Waals surface area contributed by atoms with Crippen LogP contribution in [0.5, 0.6) is 0 Å². The molecule has 0 aromatic carbocycles. The summed E-state index contributed by atoms with van der Waals surface area (Å²) < 4.78 is 0. The van der Waals surface area contributed by atoms with Crippen molar-refractivity contribution in [3.05, 3.63) is 34.5 Å². The molecule has 2 nitrogen and oxygen atoms in total. The van der Waals surface area contributed by atoms with E-state index < -0.39 is 16.9 Å². The third-order valence-electron chi connectivity index (χ3n) is 1.15. The van der Waals surface area contributed by atoms with Gasteiger partial charge in [-0.3, -0.25) is 0 Å². The molecule has 1 heterocycles. The Hall–Kier alpha value is 0.676. The first-order chi connectivity index (χ1) is 4.72. The van der Waals surface area contributed by atoms with Crippen molar-refractivity contribution in [2.75, 3.05) is 0 Å². The van der Waals surface area contributed by atoms with Crippen molar-refractivity contribution >= 4 is 16.9 Å². The predicted molar refractivity (Wildman–Crippen MR) is 41.4 cm³/mol. The predicted octanol–water partition coefficient (Wildman–Crippen LogP) is -2.70. The molecule has 4 heteroatoms. The Morgan fingerprint density at radius 3 is 2.18 bits per heavy atom. The van der Waals surface area contributed by atoms with Crippen LogP contribution < -0.4 is 56.5 Å². The van der Waals surface area contributed by atoms with Crippen molar-refractivity contribution in [3.8, 4) is 0 Å². The summed E-state index contributed by atoms with van der Waals surface area (Å²) in [4.78, 5) is 10.4. The van der Waals surface area contributed by atoms with Gasteiger partial charge in [-0.1, -0.05) is 18.7 Å². The Morgan fingerprint density at radius 2 is 1.82 bits per heavy atom. The van der Waals surface area contributed by atoms with E-state index >= 15 is 0 Å². The molecule has 0 saturated heterocycles. The van der Waals surface area contributed by atoms with Gasteiger partial charge < -0.3 is 9.90 Å². The van der Waals surface area contributed by atoms with E-state index in [-0.39, 0.29) is 56.3 Å². The maximum Gasteiger partial charge on any atom is 1.00 e. The minimum Gasteiger partial charge on any atom is -0.544 e. The van der Waals surface area contributed by atoms with E-state index in [1.807, 2.05) is 23.0 Å². The van der Waals surface area contributed by atoms with Gasteiger partial charge in [0.15, 0.2) is 0 Å². The molecular formula is C7H7KO2S. The van der Waals surface area contributed by atoms with Crippen LogP contribution in [0, 0.1) is 0 Å². The fraction of sp³-hybridized carbons (Fsp3) is 0. The number of carbonyl (C=O) groups excluding carboxylic acids is 1. The van der Waals surface area contributed by atoms with Crippen LogP contribution in [0.3, 0.4) is 0 Å². The molecule has 1 aliphatic heterocycles. The van der Waals surface area contributed by atoms with E-state index in [9.17, 15) is 9.90 Å². The van der Waals surface area contributed by atoms with E-state index in [0.717, 1.165) is 0 Å². The van der Waals surface area contributed by atoms with Crippen molar-refractivity contribution in [1.82, 2.24) is 0 Å². The molecule has 0 unspecified atom stereocenters. The summed E-state index contributed by atoms with van der Waals surface area (Å²) in [6.07, 6.45) is 3.64. The zero-order chi connectivity index (χ0) is 7.56. The maximum absolute atomic E-state index is 10.2. The Morgan fingerprint density at radius 1 is 1.36 bits per heavy atom. The molecule has 0 N–H and O–H groups in total.